The molecule has 33 heavy (non-hydrogen) atoms. The van der Waals surface area contributed by atoms with Gasteiger partial charge in [-0.15, -0.1) is 12.4 Å². The maximum absolute atomic E-state index is 14.2. The molecule has 0 aliphatic carbocycles. The molecule has 0 unspecified atom stereocenters. The lowest BCUT2D eigenvalue weighted by atomic mass is 10.0. The summed E-state index contributed by atoms with van der Waals surface area (Å²) in [6, 6.07) is 20.4. The molecule has 0 saturated heterocycles. The average Bonchev–Trinajstić information content (AvgIpc) is 3.24. The normalized spacial score (nSPS) is 10.8. The van der Waals surface area contributed by atoms with E-state index in [1.165, 1.54) is 17.4 Å². The van der Waals surface area contributed by atoms with E-state index in [2.05, 4.69) is 4.98 Å². The van der Waals surface area contributed by atoms with Crippen LogP contribution >= 0.6 is 23.7 Å². The Morgan fingerprint density at radius 1 is 0.848 bits per heavy atom. The minimum absolute atomic E-state index is 0. The number of carbonyl (C=O) groups excluding carboxylic acids is 2. The Labute approximate surface area is 201 Å². The molecule has 0 spiro atoms. The van der Waals surface area contributed by atoms with Crippen molar-refractivity contribution in [3.8, 4) is 0 Å². The quantitative estimate of drug-likeness (QED) is 0.335. The number of hydrogen-bond acceptors (Lipinski definition) is 5. The zero-order valence-electron chi connectivity index (χ0n) is 18.2. The molecule has 1 amide bonds. The van der Waals surface area contributed by atoms with Crippen molar-refractivity contribution >= 4 is 50.8 Å². The molecule has 4 rings (SSSR count). The Morgan fingerprint density at radius 3 is 2.12 bits per heavy atom. The summed E-state index contributed by atoms with van der Waals surface area (Å²) in [6.45, 7) is 1.02. The molecule has 0 aliphatic heterocycles. The first-order valence-electron chi connectivity index (χ1n) is 10.2. The first-order chi connectivity index (χ1) is 15.4. The van der Waals surface area contributed by atoms with Gasteiger partial charge in [0.15, 0.2) is 10.9 Å². The van der Waals surface area contributed by atoms with Gasteiger partial charge in [-0.1, -0.05) is 59.9 Å². The number of benzene rings is 3. The van der Waals surface area contributed by atoms with Crippen LogP contribution in [-0.2, 0) is 0 Å². The fourth-order valence-corrected chi connectivity index (χ4v) is 4.28. The average molecular weight is 484 g/mol. The first kappa shape index (κ1) is 24.5. The number of thiazole rings is 1. The number of amides is 1. The van der Waals surface area contributed by atoms with Crippen molar-refractivity contribution in [3.63, 3.8) is 0 Å². The third-order valence-electron chi connectivity index (χ3n) is 5.04. The molecule has 170 valence electrons. The van der Waals surface area contributed by atoms with Crippen LogP contribution in [0.4, 0.5) is 9.52 Å². The summed E-state index contributed by atoms with van der Waals surface area (Å²) in [4.78, 5) is 33.9. The third kappa shape index (κ3) is 5.45. The van der Waals surface area contributed by atoms with Crippen molar-refractivity contribution in [3.05, 3.63) is 95.3 Å². The molecule has 0 radical (unpaired) electrons. The van der Waals surface area contributed by atoms with E-state index in [9.17, 15) is 14.0 Å². The molecule has 0 bridgehead atoms. The van der Waals surface area contributed by atoms with E-state index < -0.39 is 5.82 Å². The number of carbonyl (C=O) groups is 2. The lowest BCUT2D eigenvalue weighted by Crippen LogP contribution is -2.36. The molecular weight excluding hydrogens is 461 g/mol. The van der Waals surface area contributed by atoms with E-state index in [1.54, 1.807) is 53.4 Å². The first-order valence-corrected chi connectivity index (χ1v) is 11.0. The van der Waals surface area contributed by atoms with Crippen LogP contribution in [0.2, 0.25) is 0 Å². The van der Waals surface area contributed by atoms with E-state index in [-0.39, 0.29) is 29.6 Å². The van der Waals surface area contributed by atoms with E-state index in [0.29, 0.717) is 39.6 Å². The highest BCUT2D eigenvalue weighted by Crippen LogP contribution is 2.31. The standard InChI is InChI=1S/C25H22FN3O2S.ClH/c1-28(2)15-16-29(25-27-22-20(26)9-6-10-21(22)32-25)24(31)19-13-11-18(12-14-19)23(30)17-7-4-3-5-8-17;/h3-14H,15-16H2,1-2H3;1H. The van der Waals surface area contributed by atoms with Gasteiger partial charge in [-0.25, -0.2) is 9.37 Å². The van der Waals surface area contributed by atoms with Gasteiger partial charge in [0.2, 0.25) is 0 Å². The van der Waals surface area contributed by atoms with E-state index in [0.717, 1.165) is 0 Å². The van der Waals surface area contributed by atoms with Crippen LogP contribution in [0, 0.1) is 5.82 Å². The Balaban J connectivity index is 0.00000306. The lowest BCUT2D eigenvalue weighted by Gasteiger charge is -2.22. The van der Waals surface area contributed by atoms with E-state index in [4.69, 9.17) is 0 Å². The van der Waals surface area contributed by atoms with Crippen molar-refractivity contribution in [2.75, 3.05) is 32.1 Å². The van der Waals surface area contributed by atoms with Gasteiger partial charge in [0.1, 0.15) is 11.3 Å². The summed E-state index contributed by atoms with van der Waals surface area (Å²) in [7, 11) is 3.84. The predicted molar refractivity (Wildman–Crippen MR) is 133 cm³/mol. The number of likely N-dealkylation sites (N-methyl/N-ethyl adjacent to an activating group) is 1. The molecule has 8 heteroatoms. The van der Waals surface area contributed by atoms with Gasteiger partial charge in [0.25, 0.3) is 5.91 Å². The molecule has 0 fully saturated rings. The summed E-state index contributed by atoms with van der Waals surface area (Å²) in [5, 5.41) is 0.446. The number of aromatic nitrogens is 1. The number of fused-ring (bicyclic) bond motifs is 1. The number of hydrogen-bond donors (Lipinski definition) is 0. The summed E-state index contributed by atoms with van der Waals surface area (Å²) in [5.41, 5.74) is 1.80. The number of ketones is 1. The van der Waals surface area contributed by atoms with Crippen LogP contribution in [0.1, 0.15) is 26.3 Å². The minimum Gasteiger partial charge on any atom is -0.308 e. The van der Waals surface area contributed by atoms with Gasteiger partial charge in [-0.05, 0) is 38.4 Å². The summed E-state index contributed by atoms with van der Waals surface area (Å²) in [6.07, 6.45) is 0. The number of anilines is 1. The molecular formula is C25H23ClFN3O2S. The third-order valence-corrected chi connectivity index (χ3v) is 6.08. The van der Waals surface area contributed by atoms with Crippen LogP contribution in [-0.4, -0.2) is 48.8 Å². The van der Waals surface area contributed by atoms with Crippen LogP contribution in [0.25, 0.3) is 10.2 Å². The van der Waals surface area contributed by atoms with Gasteiger partial charge in [0.05, 0.1) is 4.70 Å². The summed E-state index contributed by atoms with van der Waals surface area (Å²) >= 11 is 1.28. The zero-order chi connectivity index (χ0) is 22.7. The molecule has 4 aromatic rings. The Bertz CT molecular complexity index is 1260. The van der Waals surface area contributed by atoms with Crippen LogP contribution in [0.3, 0.4) is 0 Å². The van der Waals surface area contributed by atoms with Crippen molar-refractivity contribution in [1.29, 1.82) is 0 Å². The smallest absolute Gasteiger partial charge is 0.260 e. The van der Waals surface area contributed by atoms with Crippen LogP contribution in [0.15, 0.2) is 72.8 Å². The fourth-order valence-electron chi connectivity index (χ4n) is 3.28. The second-order valence-corrected chi connectivity index (χ2v) is 8.62. The summed E-state index contributed by atoms with van der Waals surface area (Å²) < 4.78 is 14.8. The van der Waals surface area contributed by atoms with E-state index >= 15 is 0 Å². The van der Waals surface area contributed by atoms with Gasteiger partial charge in [-0.2, -0.15) is 0 Å². The Kier molecular flexibility index (Phi) is 7.92. The molecule has 3 aromatic carbocycles. The van der Waals surface area contributed by atoms with Gasteiger partial charge in [0, 0.05) is 29.8 Å². The molecule has 1 aromatic heterocycles. The highest BCUT2D eigenvalue weighted by atomic mass is 35.5. The Morgan fingerprint density at radius 2 is 1.48 bits per heavy atom. The largest absolute Gasteiger partial charge is 0.308 e. The molecule has 0 N–H and O–H groups in total. The topological polar surface area (TPSA) is 53.5 Å². The second kappa shape index (κ2) is 10.7. The number of halogens is 2. The lowest BCUT2D eigenvalue weighted by molar-refractivity contribution is 0.0982. The summed E-state index contributed by atoms with van der Waals surface area (Å²) in [5.74, 6) is -0.755. The van der Waals surface area contributed by atoms with Crippen LogP contribution in [0.5, 0.6) is 0 Å². The van der Waals surface area contributed by atoms with Crippen LogP contribution < -0.4 is 4.90 Å². The number of para-hydroxylation sites is 1. The predicted octanol–water partition coefficient (Wildman–Crippen LogP) is 5.30. The van der Waals surface area contributed by atoms with Crippen molar-refractivity contribution in [1.82, 2.24) is 9.88 Å². The van der Waals surface area contributed by atoms with Crippen molar-refractivity contribution in [2.45, 2.75) is 0 Å². The molecule has 1 heterocycles. The van der Waals surface area contributed by atoms with Crippen molar-refractivity contribution < 1.29 is 14.0 Å². The highest BCUT2D eigenvalue weighted by molar-refractivity contribution is 7.22. The Hall–Kier alpha value is -3.13. The highest BCUT2D eigenvalue weighted by Gasteiger charge is 2.22. The number of rotatable bonds is 7. The number of nitrogens with zero attached hydrogens (tertiary/aromatic N) is 3. The van der Waals surface area contributed by atoms with E-state index in [1.807, 2.05) is 37.2 Å². The molecule has 5 nitrogen and oxygen atoms in total. The fraction of sp³-hybridized carbons (Fsp3) is 0.160. The minimum atomic E-state index is -0.409. The second-order valence-electron chi connectivity index (χ2n) is 7.62. The molecule has 0 aliphatic rings. The SMILES string of the molecule is CN(C)CCN(C(=O)c1ccc(C(=O)c2ccccc2)cc1)c1nc2c(F)cccc2s1.Cl. The monoisotopic (exact) mass is 483 g/mol. The maximum atomic E-state index is 14.2. The maximum Gasteiger partial charge on any atom is 0.260 e. The van der Waals surface area contributed by atoms with Crippen molar-refractivity contribution in [2.24, 2.45) is 0 Å². The van der Waals surface area contributed by atoms with Gasteiger partial charge < -0.3 is 4.90 Å². The molecule has 0 atom stereocenters. The zero-order valence-corrected chi connectivity index (χ0v) is 19.8. The molecule has 0 saturated carbocycles. The van der Waals surface area contributed by atoms with Gasteiger partial charge >= 0.3 is 0 Å². The van der Waals surface area contributed by atoms with Gasteiger partial charge in [-0.3, -0.25) is 14.5 Å².